The first-order valence-electron chi connectivity index (χ1n) is 5.12. The molecule has 3 heteroatoms. The summed E-state index contributed by atoms with van der Waals surface area (Å²) in [5.74, 6) is 0. The van der Waals surface area contributed by atoms with E-state index in [9.17, 15) is 4.79 Å². The molecule has 0 spiro atoms. The lowest BCUT2D eigenvalue weighted by Gasteiger charge is -2.17. The Morgan fingerprint density at radius 1 is 1.15 bits per heavy atom. The maximum absolute atomic E-state index is 9.81. The largest absolute Gasteiger partial charge is 0.468 e. The Hall–Kier alpha value is -0.570. The van der Waals surface area contributed by atoms with Gasteiger partial charge < -0.3 is 9.64 Å². The lowest BCUT2D eigenvalue weighted by atomic mass is 10.2. The van der Waals surface area contributed by atoms with Crippen molar-refractivity contribution in [3.8, 4) is 0 Å². The Labute approximate surface area is 81.1 Å². The van der Waals surface area contributed by atoms with Crippen molar-refractivity contribution in [2.45, 2.75) is 33.1 Å². The van der Waals surface area contributed by atoms with Gasteiger partial charge in [0.25, 0.3) is 6.47 Å². The van der Waals surface area contributed by atoms with Crippen LogP contribution in [-0.4, -0.2) is 37.6 Å². The van der Waals surface area contributed by atoms with Crippen LogP contribution >= 0.6 is 0 Å². The van der Waals surface area contributed by atoms with E-state index < -0.39 is 0 Å². The maximum atomic E-state index is 9.81. The fraction of sp³-hybridized carbons (Fsp3) is 0.900. The Morgan fingerprint density at radius 3 is 2.38 bits per heavy atom. The van der Waals surface area contributed by atoms with Crippen LogP contribution in [0.2, 0.25) is 0 Å². The third-order valence-corrected chi connectivity index (χ3v) is 2.20. The summed E-state index contributed by atoms with van der Waals surface area (Å²) < 4.78 is 4.60. The van der Waals surface area contributed by atoms with Gasteiger partial charge in [-0.25, -0.2) is 0 Å². The van der Waals surface area contributed by atoms with Crippen LogP contribution in [0.3, 0.4) is 0 Å². The molecular formula is C10H21NO2. The van der Waals surface area contributed by atoms with E-state index in [1.165, 1.54) is 6.42 Å². The summed E-state index contributed by atoms with van der Waals surface area (Å²) in [5, 5.41) is 0. The lowest BCUT2D eigenvalue weighted by Crippen LogP contribution is -2.23. The number of ether oxygens (including phenoxy) is 1. The van der Waals surface area contributed by atoms with Gasteiger partial charge in [-0.05, 0) is 38.9 Å². The third-order valence-electron chi connectivity index (χ3n) is 2.20. The van der Waals surface area contributed by atoms with Gasteiger partial charge in [-0.15, -0.1) is 0 Å². The summed E-state index contributed by atoms with van der Waals surface area (Å²) in [7, 11) is 0. The molecule has 0 atom stereocenters. The minimum atomic E-state index is 0.518. The van der Waals surface area contributed by atoms with E-state index >= 15 is 0 Å². The zero-order chi connectivity index (χ0) is 9.94. The molecule has 0 bridgehead atoms. The monoisotopic (exact) mass is 187 g/mol. The van der Waals surface area contributed by atoms with Crippen LogP contribution in [0.1, 0.15) is 33.1 Å². The van der Waals surface area contributed by atoms with Crippen molar-refractivity contribution < 1.29 is 9.53 Å². The molecule has 13 heavy (non-hydrogen) atoms. The van der Waals surface area contributed by atoms with Gasteiger partial charge in [0, 0.05) is 0 Å². The summed E-state index contributed by atoms with van der Waals surface area (Å²) >= 11 is 0. The second-order valence-electron chi connectivity index (χ2n) is 3.05. The number of hydrogen-bond acceptors (Lipinski definition) is 3. The number of nitrogens with zero attached hydrogens (tertiary/aromatic N) is 1. The van der Waals surface area contributed by atoms with Crippen molar-refractivity contribution in [3.05, 3.63) is 0 Å². The molecule has 0 aliphatic heterocycles. The molecular weight excluding hydrogens is 166 g/mol. The highest BCUT2D eigenvalue weighted by Gasteiger charge is 1.97. The molecule has 78 valence electrons. The van der Waals surface area contributed by atoms with Gasteiger partial charge in [0.15, 0.2) is 0 Å². The summed E-state index contributed by atoms with van der Waals surface area (Å²) in [6.45, 7) is 8.86. The topological polar surface area (TPSA) is 29.5 Å². The van der Waals surface area contributed by atoms with E-state index in [2.05, 4.69) is 23.5 Å². The second kappa shape index (κ2) is 9.52. The molecule has 0 unspecified atom stereocenters. The normalized spacial score (nSPS) is 10.4. The van der Waals surface area contributed by atoms with Crippen molar-refractivity contribution in [2.24, 2.45) is 0 Å². The van der Waals surface area contributed by atoms with Crippen LogP contribution in [0.15, 0.2) is 0 Å². The first-order valence-corrected chi connectivity index (χ1v) is 5.12. The van der Waals surface area contributed by atoms with Crippen molar-refractivity contribution in [3.63, 3.8) is 0 Å². The summed E-state index contributed by atoms with van der Waals surface area (Å²) in [6.07, 6.45) is 3.33. The molecule has 3 nitrogen and oxygen atoms in total. The van der Waals surface area contributed by atoms with Gasteiger partial charge >= 0.3 is 0 Å². The van der Waals surface area contributed by atoms with Crippen molar-refractivity contribution >= 4 is 6.47 Å². The zero-order valence-electron chi connectivity index (χ0n) is 8.79. The summed E-state index contributed by atoms with van der Waals surface area (Å²) in [4.78, 5) is 12.2. The second-order valence-corrected chi connectivity index (χ2v) is 3.05. The lowest BCUT2D eigenvalue weighted by molar-refractivity contribution is -0.128. The Morgan fingerprint density at radius 2 is 1.85 bits per heavy atom. The molecule has 0 radical (unpaired) electrons. The summed E-state index contributed by atoms with van der Waals surface area (Å²) in [6, 6.07) is 0. The molecule has 0 N–H and O–H groups in total. The minimum absolute atomic E-state index is 0.518. The minimum Gasteiger partial charge on any atom is -0.468 e. The average Bonchev–Trinajstić information content (AvgIpc) is 2.17. The van der Waals surface area contributed by atoms with E-state index in [0.29, 0.717) is 13.1 Å². The van der Waals surface area contributed by atoms with Crippen molar-refractivity contribution in [1.29, 1.82) is 0 Å². The van der Waals surface area contributed by atoms with E-state index in [1.54, 1.807) is 0 Å². The average molecular weight is 187 g/mol. The number of carbonyl (C=O) groups is 1. The van der Waals surface area contributed by atoms with Crippen molar-refractivity contribution in [1.82, 2.24) is 4.90 Å². The maximum Gasteiger partial charge on any atom is 0.293 e. The third kappa shape index (κ3) is 7.78. The fourth-order valence-electron chi connectivity index (χ4n) is 1.29. The highest BCUT2D eigenvalue weighted by atomic mass is 16.5. The van der Waals surface area contributed by atoms with E-state index in [0.717, 1.165) is 32.5 Å². The van der Waals surface area contributed by atoms with Crippen LogP contribution in [-0.2, 0) is 9.53 Å². The Bertz CT molecular complexity index is 113. The predicted octanol–water partition coefficient (Wildman–Crippen LogP) is 1.67. The van der Waals surface area contributed by atoms with Crippen LogP contribution < -0.4 is 0 Å². The van der Waals surface area contributed by atoms with Gasteiger partial charge in [-0.2, -0.15) is 0 Å². The van der Waals surface area contributed by atoms with E-state index in [1.807, 2.05) is 0 Å². The highest BCUT2D eigenvalue weighted by Crippen LogP contribution is 1.98. The van der Waals surface area contributed by atoms with E-state index in [-0.39, 0.29) is 0 Å². The van der Waals surface area contributed by atoms with Gasteiger partial charge in [-0.3, -0.25) is 4.79 Å². The Balaban J connectivity index is 3.09. The number of rotatable bonds is 9. The van der Waals surface area contributed by atoms with Gasteiger partial charge in [0.2, 0.25) is 0 Å². The first kappa shape index (κ1) is 12.4. The molecule has 0 heterocycles. The molecule has 0 aromatic heterocycles. The Kier molecular flexibility index (Phi) is 9.10. The molecule has 0 saturated heterocycles. The van der Waals surface area contributed by atoms with E-state index in [4.69, 9.17) is 0 Å². The first-order chi connectivity index (χ1) is 6.35. The van der Waals surface area contributed by atoms with Crippen molar-refractivity contribution in [2.75, 3.05) is 26.2 Å². The summed E-state index contributed by atoms with van der Waals surface area (Å²) in [5.41, 5.74) is 0. The SMILES string of the molecule is CCN(CC)CCCCCOC=O. The number of carbonyl (C=O) groups excluding carboxylic acids is 1. The molecule has 0 saturated carbocycles. The number of hydrogen-bond donors (Lipinski definition) is 0. The molecule has 0 aliphatic rings. The molecule has 0 fully saturated rings. The quantitative estimate of drug-likeness (QED) is 0.406. The number of unbranched alkanes of at least 4 members (excludes halogenated alkanes) is 2. The zero-order valence-corrected chi connectivity index (χ0v) is 8.79. The van der Waals surface area contributed by atoms with Crippen LogP contribution in [0.5, 0.6) is 0 Å². The van der Waals surface area contributed by atoms with Crippen LogP contribution in [0.25, 0.3) is 0 Å². The van der Waals surface area contributed by atoms with Crippen LogP contribution in [0.4, 0.5) is 0 Å². The molecule has 0 aromatic carbocycles. The molecule has 0 rings (SSSR count). The standard InChI is InChI=1S/C10H21NO2/c1-3-11(4-2)8-6-5-7-9-13-10-12/h10H,3-9H2,1-2H3. The predicted molar refractivity (Wildman–Crippen MR) is 53.7 cm³/mol. The fourth-order valence-corrected chi connectivity index (χ4v) is 1.29. The smallest absolute Gasteiger partial charge is 0.293 e. The van der Waals surface area contributed by atoms with Gasteiger partial charge in [0.1, 0.15) is 0 Å². The van der Waals surface area contributed by atoms with Crippen LogP contribution in [0, 0.1) is 0 Å². The highest BCUT2D eigenvalue weighted by molar-refractivity contribution is 5.36. The molecule has 0 amide bonds. The molecule has 0 aromatic rings. The molecule has 0 aliphatic carbocycles. The van der Waals surface area contributed by atoms with Gasteiger partial charge in [-0.1, -0.05) is 13.8 Å². The van der Waals surface area contributed by atoms with Gasteiger partial charge in [0.05, 0.1) is 6.61 Å².